The zero-order chi connectivity index (χ0) is 15.7. The van der Waals surface area contributed by atoms with E-state index in [0.717, 1.165) is 5.92 Å². The quantitative estimate of drug-likeness (QED) is 0.367. The molecule has 1 aliphatic carbocycles. The molecule has 1 aliphatic rings. The highest BCUT2D eigenvalue weighted by atomic mass is 14.4. The van der Waals surface area contributed by atoms with Gasteiger partial charge in [0.15, 0.2) is 0 Å². The molecule has 21 heavy (non-hydrogen) atoms. The minimum absolute atomic E-state index is 0.810. The Balaban J connectivity index is 3.17. The van der Waals surface area contributed by atoms with Crippen LogP contribution in [0, 0.1) is 5.92 Å². The van der Waals surface area contributed by atoms with Crippen LogP contribution in [0.25, 0.3) is 0 Å². The summed E-state index contributed by atoms with van der Waals surface area (Å²) in [5.41, 5.74) is 7.30. The summed E-state index contributed by atoms with van der Waals surface area (Å²) in [6.07, 6.45) is 14.7. The van der Waals surface area contributed by atoms with E-state index in [4.69, 9.17) is 0 Å². The molecule has 0 heteroatoms. The first kappa shape index (κ1) is 18.5. The Bertz CT molecular complexity index is 356. The highest BCUT2D eigenvalue weighted by molar-refractivity contribution is 5.50. The maximum Gasteiger partial charge on any atom is 0.00187 e. The van der Waals surface area contributed by atoms with Gasteiger partial charge in [-0.1, -0.05) is 77.9 Å². The van der Waals surface area contributed by atoms with Crippen molar-refractivity contribution in [1.29, 1.82) is 0 Å². The lowest BCUT2D eigenvalue weighted by molar-refractivity contribution is 0.574. The van der Waals surface area contributed by atoms with Gasteiger partial charge >= 0.3 is 0 Å². The van der Waals surface area contributed by atoms with E-state index in [1.807, 2.05) is 11.1 Å². The second kappa shape index (κ2) is 10.2. The molecule has 1 unspecified atom stereocenters. The molecule has 0 N–H and O–H groups in total. The molecule has 0 bridgehead atoms. The van der Waals surface area contributed by atoms with E-state index in [1.165, 1.54) is 70.6 Å². The van der Waals surface area contributed by atoms with E-state index < -0.39 is 0 Å². The summed E-state index contributed by atoms with van der Waals surface area (Å²) in [6.45, 7) is 11.7. The van der Waals surface area contributed by atoms with Crippen LogP contribution >= 0.6 is 0 Å². The van der Waals surface area contributed by atoms with Crippen molar-refractivity contribution >= 4 is 0 Å². The van der Waals surface area contributed by atoms with Gasteiger partial charge in [-0.15, -0.1) is 0 Å². The van der Waals surface area contributed by atoms with E-state index in [1.54, 1.807) is 11.1 Å². The van der Waals surface area contributed by atoms with Crippen LogP contribution in [-0.2, 0) is 0 Å². The molecule has 0 amide bonds. The van der Waals surface area contributed by atoms with Crippen molar-refractivity contribution in [3.8, 4) is 0 Å². The predicted molar refractivity (Wildman–Crippen MR) is 96.7 cm³/mol. The Morgan fingerprint density at radius 2 is 1.10 bits per heavy atom. The molecule has 0 aromatic heterocycles. The molecule has 0 aliphatic heterocycles. The first-order valence-electron chi connectivity index (χ1n) is 9.69. The van der Waals surface area contributed by atoms with Crippen molar-refractivity contribution in [2.24, 2.45) is 5.92 Å². The van der Waals surface area contributed by atoms with Crippen molar-refractivity contribution in [3.05, 3.63) is 22.3 Å². The van der Waals surface area contributed by atoms with Crippen LogP contribution in [-0.4, -0.2) is 0 Å². The molecule has 0 nitrogen and oxygen atoms in total. The van der Waals surface area contributed by atoms with Gasteiger partial charge in [0.2, 0.25) is 0 Å². The standard InChI is InChI=1S/C21H38/c1-6-11-16-21-19(14-9-4)17(12-7-2)18(13-8-3)20(21)15-10-5/h19H,6-16H2,1-5H3. The fourth-order valence-corrected chi connectivity index (χ4v) is 4.07. The molecular weight excluding hydrogens is 252 g/mol. The second-order valence-corrected chi connectivity index (χ2v) is 6.70. The minimum atomic E-state index is 0.810. The van der Waals surface area contributed by atoms with Gasteiger partial charge in [0.25, 0.3) is 0 Å². The summed E-state index contributed by atoms with van der Waals surface area (Å²) in [6, 6.07) is 0. The largest absolute Gasteiger partial charge is 0.0654 e. The molecule has 0 saturated heterocycles. The van der Waals surface area contributed by atoms with E-state index in [2.05, 4.69) is 34.6 Å². The third-order valence-electron chi connectivity index (χ3n) is 4.88. The summed E-state index contributed by atoms with van der Waals surface area (Å²) >= 11 is 0. The first-order chi connectivity index (χ1) is 10.2. The SMILES string of the molecule is CCCCC1=C(CCC)C(CCC)=C(CCC)C1CCC. The number of rotatable bonds is 11. The van der Waals surface area contributed by atoms with Crippen LogP contribution in [0.15, 0.2) is 22.3 Å². The molecule has 0 aromatic carbocycles. The van der Waals surface area contributed by atoms with Gasteiger partial charge in [-0.3, -0.25) is 0 Å². The van der Waals surface area contributed by atoms with E-state index in [0.29, 0.717) is 0 Å². The molecule has 0 radical (unpaired) electrons. The summed E-state index contributed by atoms with van der Waals surface area (Å²) < 4.78 is 0. The minimum Gasteiger partial charge on any atom is -0.0654 e. The highest BCUT2D eigenvalue weighted by Gasteiger charge is 2.30. The molecule has 0 spiro atoms. The monoisotopic (exact) mass is 290 g/mol. The lowest BCUT2D eigenvalue weighted by atomic mass is 9.85. The van der Waals surface area contributed by atoms with Gasteiger partial charge in [-0.05, 0) is 49.7 Å². The van der Waals surface area contributed by atoms with Crippen LogP contribution in [0.4, 0.5) is 0 Å². The summed E-state index contributed by atoms with van der Waals surface area (Å²) in [5.74, 6) is 0.810. The first-order valence-corrected chi connectivity index (χ1v) is 9.69. The van der Waals surface area contributed by atoms with E-state index in [-0.39, 0.29) is 0 Å². The van der Waals surface area contributed by atoms with Gasteiger partial charge in [0, 0.05) is 5.92 Å². The maximum atomic E-state index is 2.36. The number of allylic oxidation sites excluding steroid dienone is 4. The summed E-state index contributed by atoms with van der Waals surface area (Å²) in [7, 11) is 0. The van der Waals surface area contributed by atoms with Gasteiger partial charge in [0.05, 0.1) is 0 Å². The Morgan fingerprint density at radius 3 is 1.52 bits per heavy atom. The van der Waals surface area contributed by atoms with Gasteiger partial charge in [-0.2, -0.15) is 0 Å². The average molecular weight is 291 g/mol. The van der Waals surface area contributed by atoms with Crippen molar-refractivity contribution in [1.82, 2.24) is 0 Å². The third kappa shape index (κ3) is 4.73. The fourth-order valence-electron chi connectivity index (χ4n) is 4.07. The molecule has 0 fully saturated rings. The fraction of sp³-hybridized carbons (Fsp3) is 0.810. The van der Waals surface area contributed by atoms with E-state index >= 15 is 0 Å². The smallest absolute Gasteiger partial charge is 0.00187 e. The van der Waals surface area contributed by atoms with Crippen molar-refractivity contribution < 1.29 is 0 Å². The highest BCUT2D eigenvalue weighted by Crippen LogP contribution is 2.47. The van der Waals surface area contributed by atoms with Gasteiger partial charge in [-0.25, -0.2) is 0 Å². The number of hydrogen-bond donors (Lipinski definition) is 0. The average Bonchev–Trinajstić information content (AvgIpc) is 2.73. The molecule has 1 rings (SSSR count). The Hall–Kier alpha value is -0.520. The van der Waals surface area contributed by atoms with Crippen molar-refractivity contribution in [2.75, 3.05) is 0 Å². The Kier molecular flexibility index (Phi) is 9.04. The van der Waals surface area contributed by atoms with Crippen molar-refractivity contribution in [3.63, 3.8) is 0 Å². The molecule has 122 valence electrons. The Morgan fingerprint density at radius 1 is 0.571 bits per heavy atom. The molecule has 0 saturated carbocycles. The topological polar surface area (TPSA) is 0 Å². The Labute approximate surface area is 134 Å². The third-order valence-corrected chi connectivity index (χ3v) is 4.88. The normalized spacial score (nSPS) is 19.0. The number of hydrogen-bond acceptors (Lipinski definition) is 0. The van der Waals surface area contributed by atoms with Crippen LogP contribution in [0.2, 0.25) is 0 Å². The predicted octanol–water partition coefficient (Wildman–Crippen LogP) is 7.60. The molecular formula is C21H38. The molecule has 0 heterocycles. The summed E-state index contributed by atoms with van der Waals surface area (Å²) in [4.78, 5) is 0. The summed E-state index contributed by atoms with van der Waals surface area (Å²) in [5, 5.41) is 0. The van der Waals surface area contributed by atoms with Gasteiger partial charge < -0.3 is 0 Å². The van der Waals surface area contributed by atoms with E-state index in [9.17, 15) is 0 Å². The number of unbranched alkanes of at least 4 members (excludes halogenated alkanes) is 1. The van der Waals surface area contributed by atoms with Crippen LogP contribution in [0.1, 0.15) is 105 Å². The molecule has 0 aromatic rings. The zero-order valence-corrected chi connectivity index (χ0v) is 15.4. The molecule has 1 atom stereocenters. The van der Waals surface area contributed by atoms with Crippen molar-refractivity contribution in [2.45, 2.75) is 105 Å². The lowest BCUT2D eigenvalue weighted by Gasteiger charge is -2.19. The lowest BCUT2D eigenvalue weighted by Crippen LogP contribution is -2.05. The van der Waals surface area contributed by atoms with Crippen LogP contribution in [0.3, 0.4) is 0 Å². The zero-order valence-electron chi connectivity index (χ0n) is 15.4. The van der Waals surface area contributed by atoms with Crippen LogP contribution < -0.4 is 0 Å². The maximum absolute atomic E-state index is 2.36. The van der Waals surface area contributed by atoms with Crippen LogP contribution in [0.5, 0.6) is 0 Å². The van der Waals surface area contributed by atoms with Gasteiger partial charge in [0.1, 0.15) is 0 Å². The second-order valence-electron chi connectivity index (χ2n) is 6.70.